The Bertz CT molecular complexity index is 851. The average molecular weight is 351 g/mol. The second-order valence-electron chi connectivity index (χ2n) is 5.72. The molecule has 0 bridgehead atoms. The minimum absolute atomic E-state index is 0.127. The van der Waals surface area contributed by atoms with E-state index < -0.39 is 30.4 Å². The highest BCUT2D eigenvalue weighted by Crippen LogP contribution is 2.32. The van der Waals surface area contributed by atoms with Crippen LogP contribution in [-0.4, -0.2) is 27.6 Å². The topological polar surface area (TPSA) is 90.2 Å². The molecule has 23 heavy (non-hydrogen) atoms. The molecule has 7 heteroatoms. The van der Waals surface area contributed by atoms with Crippen LogP contribution in [0.3, 0.4) is 0 Å². The van der Waals surface area contributed by atoms with E-state index in [4.69, 9.17) is 0 Å². The van der Waals surface area contributed by atoms with Gasteiger partial charge in [-0.2, -0.15) is 0 Å². The van der Waals surface area contributed by atoms with Crippen LogP contribution in [0.2, 0.25) is 0 Å². The first-order valence-electron chi connectivity index (χ1n) is 7.10. The van der Waals surface area contributed by atoms with E-state index in [0.717, 1.165) is 11.1 Å². The highest BCUT2D eigenvalue weighted by Gasteiger charge is 2.55. The first-order chi connectivity index (χ1) is 10.7. The lowest BCUT2D eigenvalue weighted by Crippen LogP contribution is -2.17. The van der Waals surface area contributed by atoms with Crippen molar-refractivity contribution in [1.82, 2.24) is 5.32 Å². The van der Waals surface area contributed by atoms with Gasteiger partial charge in [0.1, 0.15) is 10.7 Å². The molecule has 2 aromatic carbocycles. The number of hydrogen-bond donors (Lipinski definition) is 1. The molecule has 0 aromatic heterocycles. The molecule has 0 radical (unpaired) electrons. The number of sulfone groups is 2. The maximum Gasteiger partial charge on any atom is 0.196 e. The molecule has 0 aliphatic carbocycles. The van der Waals surface area contributed by atoms with Crippen LogP contribution in [0.25, 0.3) is 0 Å². The van der Waals surface area contributed by atoms with Gasteiger partial charge in [-0.3, -0.25) is 5.32 Å². The van der Waals surface area contributed by atoms with Gasteiger partial charge in [-0.25, -0.2) is 16.8 Å². The summed E-state index contributed by atoms with van der Waals surface area (Å²) in [5, 5.41) is 0.399. The van der Waals surface area contributed by atoms with Gasteiger partial charge in [-0.05, 0) is 38.1 Å². The Morgan fingerprint density at radius 2 is 0.957 bits per heavy atom. The number of nitrogens with one attached hydrogen (secondary N) is 1. The molecule has 2 aromatic rings. The summed E-state index contributed by atoms with van der Waals surface area (Å²) in [4.78, 5) is 0.254. The van der Waals surface area contributed by atoms with Gasteiger partial charge in [0.05, 0.1) is 9.79 Å². The highest BCUT2D eigenvalue weighted by molar-refractivity contribution is 7.97. The largest absolute Gasteiger partial charge is 0.280 e. The van der Waals surface area contributed by atoms with E-state index in [9.17, 15) is 16.8 Å². The first-order valence-corrected chi connectivity index (χ1v) is 10.2. The van der Waals surface area contributed by atoms with Gasteiger partial charge in [0.2, 0.25) is 0 Å². The molecular formula is C16H17NO4S2. The fourth-order valence-electron chi connectivity index (χ4n) is 2.36. The van der Waals surface area contributed by atoms with Crippen LogP contribution in [0.15, 0.2) is 58.3 Å². The summed E-state index contributed by atoms with van der Waals surface area (Å²) in [6.07, 6.45) is 0. The lowest BCUT2D eigenvalue weighted by atomic mass is 10.2. The van der Waals surface area contributed by atoms with Crippen LogP contribution in [0.1, 0.15) is 11.1 Å². The van der Waals surface area contributed by atoms with Crippen LogP contribution in [0.4, 0.5) is 0 Å². The van der Waals surface area contributed by atoms with Crippen LogP contribution >= 0.6 is 0 Å². The van der Waals surface area contributed by atoms with E-state index in [1.165, 1.54) is 24.3 Å². The van der Waals surface area contributed by atoms with Gasteiger partial charge < -0.3 is 0 Å². The molecule has 1 saturated heterocycles. The number of benzene rings is 2. The van der Waals surface area contributed by atoms with Crippen molar-refractivity contribution in [2.24, 2.45) is 0 Å². The molecule has 122 valence electrons. The van der Waals surface area contributed by atoms with E-state index in [1.54, 1.807) is 24.3 Å². The lowest BCUT2D eigenvalue weighted by molar-refractivity contribution is 0.587. The fraction of sp³-hybridized carbons (Fsp3) is 0.250. The summed E-state index contributed by atoms with van der Waals surface area (Å²) < 4.78 is 50.1. The van der Waals surface area contributed by atoms with E-state index in [2.05, 4.69) is 5.32 Å². The number of rotatable bonds is 4. The molecule has 1 heterocycles. The van der Waals surface area contributed by atoms with Crippen LogP contribution in [0.5, 0.6) is 0 Å². The molecule has 2 atom stereocenters. The third kappa shape index (κ3) is 2.91. The fourth-order valence-corrected chi connectivity index (χ4v) is 6.24. The molecule has 1 N–H and O–H groups in total. The maximum atomic E-state index is 12.5. The van der Waals surface area contributed by atoms with Gasteiger partial charge in [0.25, 0.3) is 0 Å². The van der Waals surface area contributed by atoms with Gasteiger partial charge in [0, 0.05) is 0 Å². The summed E-state index contributed by atoms with van der Waals surface area (Å²) in [7, 11) is -7.44. The van der Waals surface area contributed by atoms with Crippen LogP contribution in [0, 0.1) is 13.8 Å². The third-order valence-corrected chi connectivity index (χ3v) is 8.05. The second-order valence-corrected chi connectivity index (χ2v) is 9.86. The molecule has 0 spiro atoms. The number of hydrogen-bond acceptors (Lipinski definition) is 5. The molecule has 1 aliphatic heterocycles. The van der Waals surface area contributed by atoms with E-state index in [1.807, 2.05) is 13.8 Å². The quantitative estimate of drug-likeness (QED) is 0.849. The predicted molar refractivity (Wildman–Crippen MR) is 87.4 cm³/mol. The van der Waals surface area contributed by atoms with Crippen molar-refractivity contribution in [3.05, 3.63) is 59.7 Å². The highest BCUT2D eigenvalue weighted by atomic mass is 32.2. The Hall–Kier alpha value is -1.70. The summed E-state index contributed by atoms with van der Waals surface area (Å²) in [5.41, 5.74) is 1.88. The minimum Gasteiger partial charge on any atom is -0.280 e. The normalized spacial score (nSPS) is 21.1. The standard InChI is InChI=1S/C16H17NO4S2/c1-11-3-7-13(8-4-11)22(18,19)15-16(17-15)23(20,21)14-9-5-12(2)6-10-14/h3-10,15-17H,1-2H3/t15-,16-/m0/s1. The first kappa shape index (κ1) is 16.2. The average Bonchev–Trinajstić information content (AvgIpc) is 3.30. The molecular weight excluding hydrogens is 334 g/mol. The molecule has 1 fully saturated rings. The minimum atomic E-state index is -3.72. The predicted octanol–water partition coefficient (Wildman–Crippen LogP) is 1.81. The molecule has 1 aliphatic rings. The van der Waals surface area contributed by atoms with Gasteiger partial charge in [-0.15, -0.1) is 0 Å². The van der Waals surface area contributed by atoms with Crippen molar-refractivity contribution in [2.45, 2.75) is 34.4 Å². The zero-order valence-corrected chi connectivity index (χ0v) is 14.4. The summed E-state index contributed by atoms with van der Waals surface area (Å²) in [5.74, 6) is 0. The summed E-state index contributed by atoms with van der Waals surface area (Å²) >= 11 is 0. The van der Waals surface area contributed by atoms with Crippen molar-refractivity contribution >= 4 is 19.7 Å². The van der Waals surface area contributed by atoms with E-state index in [-0.39, 0.29) is 9.79 Å². The zero-order valence-electron chi connectivity index (χ0n) is 12.7. The summed E-state index contributed by atoms with van der Waals surface area (Å²) in [6.45, 7) is 3.72. The smallest absolute Gasteiger partial charge is 0.196 e. The van der Waals surface area contributed by atoms with Crippen LogP contribution in [-0.2, 0) is 19.7 Å². The Labute approximate surface area is 136 Å². The molecule has 5 nitrogen and oxygen atoms in total. The van der Waals surface area contributed by atoms with Crippen molar-refractivity contribution in [3.63, 3.8) is 0 Å². The Kier molecular flexibility index (Phi) is 3.82. The van der Waals surface area contributed by atoms with Crippen molar-refractivity contribution < 1.29 is 16.8 Å². The molecule has 0 unspecified atom stereocenters. The molecule has 0 saturated carbocycles. The Balaban J connectivity index is 1.88. The summed E-state index contributed by atoms with van der Waals surface area (Å²) in [6, 6.07) is 12.8. The zero-order chi connectivity index (χ0) is 16.8. The van der Waals surface area contributed by atoms with Crippen molar-refractivity contribution in [2.75, 3.05) is 0 Å². The number of aryl methyl sites for hydroxylation is 2. The van der Waals surface area contributed by atoms with Gasteiger partial charge in [0.15, 0.2) is 19.7 Å². The van der Waals surface area contributed by atoms with Crippen molar-refractivity contribution in [3.8, 4) is 0 Å². The maximum absolute atomic E-state index is 12.5. The lowest BCUT2D eigenvalue weighted by Gasteiger charge is -2.05. The van der Waals surface area contributed by atoms with Gasteiger partial charge >= 0.3 is 0 Å². The van der Waals surface area contributed by atoms with Crippen molar-refractivity contribution in [1.29, 1.82) is 0 Å². The Morgan fingerprint density at radius 1 is 0.652 bits per heavy atom. The Morgan fingerprint density at radius 3 is 1.26 bits per heavy atom. The van der Waals surface area contributed by atoms with Gasteiger partial charge in [-0.1, -0.05) is 35.4 Å². The monoisotopic (exact) mass is 351 g/mol. The second kappa shape index (κ2) is 5.43. The van der Waals surface area contributed by atoms with Crippen LogP contribution < -0.4 is 5.32 Å². The SMILES string of the molecule is Cc1ccc(S(=O)(=O)[C@@H]2N[C@H]2S(=O)(=O)c2ccc(C)cc2)cc1. The molecule has 0 amide bonds. The van der Waals surface area contributed by atoms with E-state index >= 15 is 0 Å². The molecule has 3 rings (SSSR count). The third-order valence-electron chi connectivity index (χ3n) is 3.86. The van der Waals surface area contributed by atoms with E-state index in [0.29, 0.717) is 0 Å².